The van der Waals surface area contributed by atoms with Crippen molar-refractivity contribution in [2.45, 2.75) is 13.5 Å². The van der Waals surface area contributed by atoms with Crippen molar-refractivity contribution in [3.8, 4) is 23.1 Å². The molecule has 0 N–H and O–H groups in total. The normalized spacial score (nSPS) is 12.9. The number of nitriles is 1. The van der Waals surface area contributed by atoms with Crippen molar-refractivity contribution in [2.75, 3.05) is 20.2 Å². The third-order valence-corrected chi connectivity index (χ3v) is 4.84. The largest absolute Gasteiger partial charge is 0.497 e. The lowest BCUT2D eigenvalue weighted by molar-refractivity contribution is 0.0885. The Kier molecular flexibility index (Phi) is 3.89. The molecule has 0 bridgehead atoms. The Labute approximate surface area is 152 Å². The number of fused-ring (bicyclic) bond motifs is 1. The summed E-state index contributed by atoms with van der Waals surface area (Å²) in [5.74, 6) is 0.831. The molecule has 1 fully saturated rings. The van der Waals surface area contributed by atoms with Crippen molar-refractivity contribution < 1.29 is 9.53 Å². The molecule has 1 aliphatic rings. The third-order valence-electron chi connectivity index (χ3n) is 4.84. The van der Waals surface area contributed by atoms with Gasteiger partial charge in [-0.3, -0.25) is 4.79 Å². The summed E-state index contributed by atoms with van der Waals surface area (Å²) in [6, 6.07) is 15.7. The Balaban J connectivity index is 1.87. The lowest BCUT2D eigenvalue weighted by atomic mass is 10.0. The second-order valence-corrected chi connectivity index (χ2v) is 6.33. The van der Waals surface area contributed by atoms with Crippen LogP contribution in [0.1, 0.15) is 22.8 Å². The zero-order valence-corrected chi connectivity index (χ0v) is 14.8. The Hall–Kier alpha value is -3.26. The second-order valence-electron chi connectivity index (χ2n) is 6.33. The summed E-state index contributed by atoms with van der Waals surface area (Å²) in [5, 5.41) is 10.7. The molecule has 1 aromatic heterocycles. The van der Waals surface area contributed by atoms with E-state index in [1.54, 1.807) is 12.0 Å². The fourth-order valence-corrected chi connectivity index (χ4v) is 3.40. The first-order valence-electron chi connectivity index (χ1n) is 8.68. The number of hydrogen-bond acceptors (Lipinski definition) is 3. The number of methoxy groups -OCH3 is 1. The van der Waals surface area contributed by atoms with Crippen molar-refractivity contribution in [2.24, 2.45) is 0 Å². The van der Waals surface area contributed by atoms with Gasteiger partial charge < -0.3 is 14.2 Å². The molecule has 2 heterocycles. The van der Waals surface area contributed by atoms with Crippen LogP contribution in [0.3, 0.4) is 0 Å². The zero-order valence-electron chi connectivity index (χ0n) is 14.8. The number of benzene rings is 2. The van der Waals surface area contributed by atoms with Crippen LogP contribution in [-0.2, 0) is 6.54 Å². The number of carbonyl (C=O) groups is 1. The molecule has 2 aromatic carbocycles. The molecule has 0 saturated carbocycles. The van der Waals surface area contributed by atoms with E-state index in [1.165, 1.54) is 0 Å². The summed E-state index contributed by atoms with van der Waals surface area (Å²) in [7, 11) is 1.64. The minimum atomic E-state index is 0.0674. The number of hydrogen-bond donors (Lipinski definition) is 0. The van der Waals surface area contributed by atoms with Gasteiger partial charge in [0.15, 0.2) is 0 Å². The smallest absolute Gasteiger partial charge is 0.253 e. The molecule has 1 amide bonds. The maximum Gasteiger partial charge on any atom is 0.253 e. The minimum Gasteiger partial charge on any atom is -0.497 e. The molecule has 4 rings (SSSR count). The van der Waals surface area contributed by atoms with Crippen LogP contribution in [-0.4, -0.2) is 35.6 Å². The number of aromatic nitrogens is 1. The molecule has 5 nitrogen and oxygen atoms in total. The van der Waals surface area contributed by atoms with E-state index >= 15 is 0 Å². The zero-order chi connectivity index (χ0) is 18.3. The highest BCUT2D eigenvalue weighted by Crippen LogP contribution is 2.35. The van der Waals surface area contributed by atoms with Gasteiger partial charge in [0, 0.05) is 36.7 Å². The Morgan fingerprint density at radius 1 is 1.19 bits per heavy atom. The average Bonchev–Trinajstić information content (AvgIpc) is 3.48. The van der Waals surface area contributed by atoms with Gasteiger partial charge in [-0.1, -0.05) is 12.1 Å². The van der Waals surface area contributed by atoms with Crippen LogP contribution in [0.25, 0.3) is 22.2 Å². The van der Waals surface area contributed by atoms with E-state index < -0.39 is 0 Å². The first-order valence-corrected chi connectivity index (χ1v) is 8.68. The van der Waals surface area contributed by atoms with E-state index in [-0.39, 0.29) is 5.91 Å². The minimum absolute atomic E-state index is 0.0674. The molecular weight excluding hydrogens is 326 g/mol. The molecule has 1 aliphatic heterocycles. The molecule has 0 spiro atoms. The third kappa shape index (κ3) is 2.51. The molecule has 0 radical (unpaired) electrons. The summed E-state index contributed by atoms with van der Waals surface area (Å²) >= 11 is 0. The fourth-order valence-electron chi connectivity index (χ4n) is 3.40. The summed E-state index contributed by atoms with van der Waals surface area (Å²) < 4.78 is 7.46. The van der Waals surface area contributed by atoms with Crippen molar-refractivity contribution in [3.05, 3.63) is 53.6 Å². The van der Waals surface area contributed by atoms with Crippen LogP contribution in [0.5, 0.6) is 5.75 Å². The fraction of sp³-hybridized carbons (Fsp3) is 0.238. The van der Waals surface area contributed by atoms with Gasteiger partial charge >= 0.3 is 0 Å². The highest BCUT2D eigenvalue weighted by Gasteiger charge is 2.25. The van der Waals surface area contributed by atoms with E-state index in [9.17, 15) is 10.1 Å². The van der Waals surface area contributed by atoms with Gasteiger partial charge in [0.25, 0.3) is 5.91 Å². The predicted octanol–water partition coefficient (Wildman–Crippen LogP) is 3.66. The van der Waals surface area contributed by atoms with E-state index in [1.807, 2.05) is 42.5 Å². The first-order chi connectivity index (χ1) is 12.7. The first kappa shape index (κ1) is 16.2. The predicted molar refractivity (Wildman–Crippen MR) is 100 cm³/mol. The van der Waals surface area contributed by atoms with Crippen LogP contribution in [0.4, 0.5) is 0 Å². The van der Waals surface area contributed by atoms with Gasteiger partial charge in [-0.2, -0.15) is 5.26 Å². The number of amides is 1. The SMILES string of the molecule is CCn1c(-c2ccc(C(=O)N3CC3)cc2)c(C#N)c2ccc(OC)cc21. The standard InChI is InChI=1S/C21H19N3O2/c1-3-24-19-12-16(26-2)8-9-17(19)18(13-22)20(24)14-4-6-15(7-5-14)21(25)23-10-11-23/h4-9,12H,3,10-11H2,1-2H3. The molecule has 130 valence electrons. The summed E-state index contributed by atoms with van der Waals surface area (Å²) in [5.41, 5.74) is 4.12. The maximum absolute atomic E-state index is 12.2. The van der Waals surface area contributed by atoms with Crippen molar-refractivity contribution in [1.29, 1.82) is 5.26 Å². The molecule has 5 heteroatoms. The topological polar surface area (TPSA) is 58.0 Å². The number of aryl methyl sites for hydroxylation is 1. The van der Waals surface area contributed by atoms with Crippen LogP contribution >= 0.6 is 0 Å². The molecule has 0 aliphatic carbocycles. The van der Waals surface area contributed by atoms with Crippen LogP contribution < -0.4 is 4.74 Å². The van der Waals surface area contributed by atoms with Crippen molar-refractivity contribution in [1.82, 2.24) is 9.47 Å². The Bertz CT molecular complexity index is 1040. The van der Waals surface area contributed by atoms with E-state index in [4.69, 9.17) is 4.74 Å². The second kappa shape index (κ2) is 6.23. The lowest BCUT2D eigenvalue weighted by Crippen LogP contribution is -2.10. The summed E-state index contributed by atoms with van der Waals surface area (Å²) in [6.07, 6.45) is 0. The van der Waals surface area contributed by atoms with Crippen LogP contribution in [0.15, 0.2) is 42.5 Å². The Morgan fingerprint density at radius 3 is 2.50 bits per heavy atom. The van der Waals surface area contributed by atoms with Gasteiger partial charge in [0.1, 0.15) is 11.8 Å². The van der Waals surface area contributed by atoms with Crippen molar-refractivity contribution in [3.63, 3.8) is 0 Å². The molecule has 0 unspecified atom stereocenters. The number of nitrogens with zero attached hydrogens (tertiary/aromatic N) is 3. The molecule has 3 aromatic rings. The number of rotatable bonds is 4. The summed E-state index contributed by atoms with van der Waals surface area (Å²) in [4.78, 5) is 14.0. The van der Waals surface area contributed by atoms with E-state index in [0.717, 1.165) is 47.5 Å². The molecule has 1 saturated heterocycles. The maximum atomic E-state index is 12.2. The number of carbonyl (C=O) groups excluding carboxylic acids is 1. The van der Waals surface area contributed by atoms with Crippen molar-refractivity contribution >= 4 is 16.8 Å². The molecular formula is C21H19N3O2. The van der Waals surface area contributed by atoms with Crippen LogP contribution in [0, 0.1) is 11.3 Å². The van der Waals surface area contributed by atoms with E-state index in [0.29, 0.717) is 11.1 Å². The summed E-state index contributed by atoms with van der Waals surface area (Å²) in [6.45, 7) is 4.47. The highest BCUT2D eigenvalue weighted by atomic mass is 16.5. The van der Waals surface area contributed by atoms with Gasteiger partial charge in [-0.15, -0.1) is 0 Å². The van der Waals surface area contributed by atoms with Gasteiger partial charge in [-0.25, -0.2) is 0 Å². The van der Waals surface area contributed by atoms with Crippen LogP contribution in [0.2, 0.25) is 0 Å². The average molecular weight is 345 g/mol. The highest BCUT2D eigenvalue weighted by molar-refractivity contribution is 5.97. The molecule has 0 atom stereocenters. The van der Waals surface area contributed by atoms with Gasteiger partial charge in [-0.05, 0) is 36.8 Å². The quantitative estimate of drug-likeness (QED) is 0.678. The van der Waals surface area contributed by atoms with Gasteiger partial charge in [0.05, 0.1) is 23.9 Å². The molecule has 26 heavy (non-hydrogen) atoms. The Morgan fingerprint density at radius 2 is 1.92 bits per heavy atom. The monoisotopic (exact) mass is 345 g/mol. The number of ether oxygens (including phenoxy) is 1. The lowest BCUT2D eigenvalue weighted by Gasteiger charge is -2.10. The van der Waals surface area contributed by atoms with E-state index in [2.05, 4.69) is 17.6 Å². The van der Waals surface area contributed by atoms with Gasteiger partial charge in [0.2, 0.25) is 0 Å².